The van der Waals surface area contributed by atoms with Crippen LogP contribution in [0.4, 0.5) is 0 Å². The van der Waals surface area contributed by atoms with E-state index in [-0.39, 0.29) is 5.91 Å². The highest BCUT2D eigenvalue weighted by Crippen LogP contribution is 2.31. The van der Waals surface area contributed by atoms with Gasteiger partial charge in [-0.15, -0.1) is 0 Å². The highest BCUT2D eigenvalue weighted by atomic mass is 35.5. The Bertz CT molecular complexity index is 430. The quantitative estimate of drug-likeness (QED) is 0.898. The molecule has 0 bridgehead atoms. The maximum Gasteiger partial charge on any atom is 0.219 e. The molecule has 0 radical (unpaired) electrons. The molecule has 3 nitrogen and oxygen atoms in total. The summed E-state index contributed by atoms with van der Waals surface area (Å²) in [7, 11) is 1.62. The number of rotatable bonds is 4. The van der Waals surface area contributed by atoms with Gasteiger partial charge in [-0.1, -0.05) is 18.5 Å². The third-order valence-electron chi connectivity index (χ3n) is 2.78. The average molecular weight is 256 g/mol. The first-order chi connectivity index (χ1) is 8.01. The summed E-state index contributed by atoms with van der Waals surface area (Å²) in [5, 5.41) is 3.56. The number of amides is 1. The molecule has 0 aliphatic heterocycles. The van der Waals surface area contributed by atoms with E-state index >= 15 is 0 Å². The minimum atomic E-state index is 0.0168. The normalized spacial score (nSPS) is 10.2. The van der Waals surface area contributed by atoms with Gasteiger partial charge in [0, 0.05) is 23.6 Å². The number of carbonyl (C=O) groups is 1. The molecule has 0 heterocycles. The lowest BCUT2D eigenvalue weighted by Gasteiger charge is -2.15. The third-order valence-corrected chi connectivity index (χ3v) is 3.36. The number of hydrogen-bond donors (Lipinski definition) is 1. The van der Waals surface area contributed by atoms with Crippen molar-refractivity contribution in [1.82, 2.24) is 5.32 Å². The van der Waals surface area contributed by atoms with Gasteiger partial charge in [0.1, 0.15) is 5.75 Å². The van der Waals surface area contributed by atoms with Gasteiger partial charge < -0.3 is 10.1 Å². The second kappa shape index (κ2) is 5.92. The van der Waals surface area contributed by atoms with Crippen LogP contribution < -0.4 is 10.1 Å². The van der Waals surface area contributed by atoms with Gasteiger partial charge >= 0.3 is 0 Å². The Labute approximate surface area is 107 Å². The molecule has 17 heavy (non-hydrogen) atoms. The molecule has 4 heteroatoms. The fourth-order valence-electron chi connectivity index (χ4n) is 1.67. The van der Waals surface area contributed by atoms with Crippen LogP contribution in [0, 0.1) is 13.8 Å². The van der Waals surface area contributed by atoms with Crippen LogP contribution in [0.5, 0.6) is 5.75 Å². The van der Waals surface area contributed by atoms with Gasteiger partial charge in [0.2, 0.25) is 5.91 Å². The lowest BCUT2D eigenvalue weighted by molar-refractivity contribution is -0.120. The van der Waals surface area contributed by atoms with E-state index in [9.17, 15) is 4.79 Å². The monoisotopic (exact) mass is 255 g/mol. The van der Waals surface area contributed by atoms with Gasteiger partial charge in [-0.3, -0.25) is 4.79 Å². The zero-order valence-electron chi connectivity index (χ0n) is 10.7. The Balaban J connectivity index is 3.04. The fourth-order valence-corrected chi connectivity index (χ4v) is 1.84. The zero-order chi connectivity index (χ0) is 13.0. The Morgan fingerprint density at radius 1 is 1.47 bits per heavy atom. The SMILES string of the molecule is CCC(=O)NCc1c(OC)cc(C)c(Cl)c1C. The van der Waals surface area contributed by atoms with Gasteiger partial charge in [-0.05, 0) is 31.0 Å². The van der Waals surface area contributed by atoms with E-state index in [2.05, 4.69) is 5.32 Å². The maximum atomic E-state index is 11.3. The molecule has 1 amide bonds. The van der Waals surface area contributed by atoms with E-state index in [1.165, 1.54) is 0 Å². The summed E-state index contributed by atoms with van der Waals surface area (Å²) in [6, 6.07) is 1.89. The van der Waals surface area contributed by atoms with Crippen molar-refractivity contribution in [3.8, 4) is 5.75 Å². The third kappa shape index (κ3) is 3.13. The van der Waals surface area contributed by atoms with Crippen LogP contribution in [-0.2, 0) is 11.3 Å². The van der Waals surface area contributed by atoms with E-state index in [0.29, 0.717) is 13.0 Å². The van der Waals surface area contributed by atoms with Crippen molar-refractivity contribution in [3.63, 3.8) is 0 Å². The minimum absolute atomic E-state index is 0.0168. The molecule has 1 rings (SSSR count). The van der Waals surface area contributed by atoms with Gasteiger partial charge in [0.25, 0.3) is 0 Å². The predicted molar refractivity (Wildman–Crippen MR) is 69.6 cm³/mol. The van der Waals surface area contributed by atoms with Gasteiger partial charge in [0.05, 0.1) is 7.11 Å². The van der Waals surface area contributed by atoms with Crippen molar-refractivity contribution in [2.24, 2.45) is 0 Å². The van der Waals surface area contributed by atoms with Gasteiger partial charge in [0.15, 0.2) is 0 Å². The molecule has 0 fully saturated rings. The highest BCUT2D eigenvalue weighted by Gasteiger charge is 2.13. The Morgan fingerprint density at radius 3 is 2.65 bits per heavy atom. The van der Waals surface area contributed by atoms with E-state index in [1.54, 1.807) is 7.11 Å². The lowest BCUT2D eigenvalue weighted by atomic mass is 10.0. The first-order valence-electron chi connectivity index (χ1n) is 5.60. The summed E-state index contributed by atoms with van der Waals surface area (Å²) in [5.74, 6) is 0.781. The van der Waals surface area contributed by atoms with Crippen molar-refractivity contribution in [3.05, 3.63) is 27.8 Å². The van der Waals surface area contributed by atoms with Crippen LogP contribution >= 0.6 is 11.6 Å². The maximum absolute atomic E-state index is 11.3. The van der Waals surface area contributed by atoms with Gasteiger partial charge in [-0.25, -0.2) is 0 Å². The second-order valence-corrected chi connectivity index (χ2v) is 4.32. The molecular formula is C13H18ClNO2. The van der Waals surface area contributed by atoms with Crippen LogP contribution in [0.2, 0.25) is 5.02 Å². The standard InChI is InChI=1S/C13H18ClNO2/c1-5-12(16)15-7-10-9(3)13(14)8(2)6-11(10)17-4/h6H,5,7H2,1-4H3,(H,15,16). The summed E-state index contributed by atoms with van der Waals surface area (Å²) in [4.78, 5) is 11.3. The molecule has 1 aromatic carbocycles. The van der Waals surface area contributed by atoms with E-state index in [4.69, 9.17) is 16.3 Å². The van der Waals surface area contributed by atoms with Gasteiger partial charge in [-0.2, -0.15) is 0 Å². The van der Waals surface area contributed by atoms with Crippen LogP contribution in [0.3, 0.4) is 0 Å². The first-order valence-corrected chi connectivity index (χ1v) is 5.98. The van der Waals surface area contributed by atoms with Crippen LogP contribution in [0.15, 0.2) is 6.07 Å². The summed E-state index contributed by atoms with van der Waals surface area (Å²) in [6.45, 7) is 6.14. The number of ether oxygens (including phenoxy) is 1. The molecule has 0 unspecified atom stereocenters. The molecule has 0 atom stereocenters. The summed E-state index contributed by atoms with van der Waals surface area (Å²) >= 11 is 6.19. The number of hydrogen-bond acceptors (Lipinski definition) is 2. The van der Waals surface area contributed by atoms with Crippen LogP contribution in [-0.4, -0.2) is 13.0 Å². The highest BCUT2D eigenvalue weighted by molar-refractivity contribution is 6.32. The van der Waals surface area contributed by atoms with Crippen LogP contribution in [0.25, 0.3) is 0 Å². The smallest absolute Gasteiger partial charge is 0.219 e. The molecule has 0 spiro atoms. The topological polar surface area (TPSA) is 38.3 Å². The molecular weight excluding hydrogens is 238 g/mol. The fraction of sp³-hybridized carbons (Fsp3) is 0.462. The number of benzene rings is 1. The largest absolute Gasteiger partial charge is 0.496 e. The number of halogens is 1. The minimum Gasteiger partial charge on any atom is -0.496 e. The van der Waals surface area contributed by atoms with E-state index in [1.807, 2.05) is 26.8 Å². The number of nitrogens with one attached hydrogen (secondary N) is 1. The molecule has 0 aliphatic carbocycles. The Kier molecular flexibility index (Phi) is 4.82. The molecule has 1 N–H and O–H groups in total. The summed E-state index contributed by atoms with van der Waals surface area (Å²) in [6.07, 6.45) is 0.473. The van der Waals surface area contributed by atoms with Crippen molar-refractivity contribution >= 4 is 17.5 Å². The zero-order valence-corrected chi connectivity index (χ0v) is 11.4. The molecule has 1 aromatic rings. The van der Waals surface area contributed by atoms with E-state index < -0.39 is 0 Å². The first kappa shape index (κ1) is 13.8. The Morgan fingerprint density at radius 2 is 2.12 bits per heavy atom. The van der Waals surface area contributed by atoms with Crippen molar-refractivity contribution in [2.75, 3.05) is 7.11 Å². The van der Waals surface area contributed by atoms with Crippen molar-refractivity contribution < 1.29 is 9.53 Å². The molecule has 0 saturated carbocycles. The number of carbonyl (C=O) groups excluding carboxylic acids is 1. The van der Waals surface area contributed by atoms with Crippen molar-refractivity contribution in [2.45, 2.75) is 33.7 Å². The second-order valence-electron chi connectivity index (χ2n) is 3.94. The number of methoxy groups -OCH3 is 1. The van der Waals surface area contributed by atoms with Crippen molar-refractivity contribution in [1.29, 1.82) is 0 Å². The molecule has 94 valence electrons. The van der Waals surface area contributed by atoms with Crippen LogP contribution in [0.1, 0.15) is 30.0 Å². The predicted octanol–water partition coefficient (Wildman–Crippen LogP) is 2.99. The number of aryl methyl sites for hydroxylation is 1. The average Bonchev–Trinajstić information content (AvgIpc) is 2.33. The summed E-state index contributed by atoms with van der Waals surface area (Å²) in [5.41, 5.74) is 2.87. The molecule has 0 saturated heterocycles. The molecule has 0 aromatic heterocycles. The van der Waals surface area contributed by atoms with E-state index in [0.717, 1.165) is 27.5 Å². The summed E-state index contributed by atoms with van der Waals surface area (Å²) < 4.78 is 5.32. The lowest BCUT2D eigenvalue weighted by Crippen LogP contribution is -2.22. The Hall–Kier alpha value is -1.22. The molecule has 0 aliphatic rings.